The zero-order valence-corrected chi connectivity index (χ0v) is 12.1. The lowest BCUT2D eigenvalue weighted by molar-refractivity contribution is -0.147. The van der Waals surface area contributed by atoms with Crippen molar-refractivity contribution in [3.8, 4) is 0 Å². The average molecular weight is 268 g/mol. The van der Waals surface area contributed by atoms with E-state index in [-0.39, 0.29) is 6.03 Å². The van der Waals surface area contributed by atoms with Crippen LogP contribution in [-0.2, 0) is 4.79 Å². The van der Waals surface area contributed by atoms with E-state index in [0.717, 1.165) is 25.9 Å². The molecule has 2 rings (SSSR count). The van der Waals surface area contributed by atoms with Gasteiger partial charge in [-0.15, -0.1) is 0 Å². The first-order valence-corrected chi connectivity index (χ1v) is 7.16. The molecule has 0 aromatic rings. The Bertz CT molecular complexity index is 383. The number of hydrogen-bond donors (Lipinski definition) is 1. The second-order valence-electron chi connectivity index (χ2n) is 6.36. The van der Waals surface area contributed by atoms with Crippen LogP contribution in [0.3, 0.4) is 0 Å². The Morgan fingerprint density at radius 1 is 1.32 bits per heavy atom. The molecule has 5 nitrogen and oxygen atoms in total. The van der Waals surface area contributed by atoms with Crippen molar-refractivity contribution in [2.24, 2.45) is 11.8 Å². The lowest BCUT2D eigenvalue weighted by Gasteiger charge is -2.34. The average Bonchev–Trinajstić information content (AvgIpc) is 2.95. The number of carbonyl (C=O) groups excluding carboxylic acids is 1. The van der Waals surface area contributed by atoms with Crippen LogP contribution >= 0.6 is 0 Å². The van der Waals surface area contributed by atoms with E-state index in [9.17, 15) is 14.7 Å². The summed E-state index contributed by atoms with van der Waals surface area (Å²) < 4.78 is 0. The lowest BCUT2D eigenvalue weighted by Crippen LogP contribution is -2.54. The molecule has 0 spiro atoms. The van der Waals surface area contributed by atoms with E-state index in [1.165, 1.54) is 0 Å². The van der Waals surface area contributed by atoms with Gasteiger partial charge in [-0.1, -0.05) is 13.8 Å². The summed E-state index contributed by atoms with van der Waals surface area (Å²) in [6.07, 6.45) is 2.35. The van der Waals surface area contributed by atoms with Crippen LogP contribution in [-0.4, -0.2) is 52.1 Å². The standard InChI is InChI=1S/C14H24N2O3/c1-10(2)11-5-8-15(9-11)13(19)16-7-4-6-14(16,3)12(17)18/h10-11H,4-9H2,1-3H3,(H,17,18). The van der Waals surface area contributed by atoms with Gasteiger partial charge in [-0.05, 0) is 38.0 Å². The second-order valence-corrected chi connectivity index (χ2v) is 6.36. The molecule has 2 atom stereocenters. The van der Waals surface area contributed by atoms with E-state index in [4.69, 9.17) is 0 Å². The number of carboxylic acid groups (broad SMARTS) is 1. The van der Waals surface area contributed by atoms with Crippen LogP contribution in [0, 0.1) is 11.8 Å². The molecule has 0 radical (unpaired) electrons. The van der Waals surface area contributed by atoms with E-state index in [1.54, 1.807) is 11.8 Å². The van der Waals surface area contributed by atoms with Crippen molar-refractivity contribution in [3.05, 3.63) is 0 Å². The maximum atomic E-state index is 12.5. The van der Waals surface area contributed by atoms with Crippen molar-refractivity contribution in [1.29, 1.82) is 0 Å². The first-order valence-electron chi connectivity index (χ1n) is 7.16. The van der Waals surface area contributed by atoms with Crippen molar-refractivity contribution in [3.63, 3.8) is 0 Å². The highest BCUT2D eigenvalue weighted by atomic mass is 16.4. The zero-order valence-electron chi connectivity index (χ0n) is 12.1. The molecule has 2 amide bonds. The molecule has 2 unspecified atom stereocenters. The largest absolute Gasteiger partial charge is 0.480 e. The summed E-state index contributed by atoms with van der Waals surface area (Å²) >= 11 is 0. The molecule has 2 heterocycles. The number of carbonyl (C=O) groups is 2. The summed E-state index contributed by atoms with van der Waals surface area (Å²) in [6, 6.07) is -0.0921. The number of amides is 2. The van der Waals surface area contributed by atoms with Gasteiger partial charge in [0.05, 0.1) is 0 Å². The molecular weight excluding hydrogens is 244 g/mol. The monoisotopic (exact) mass is 268 g/mol. The van der Waals surface area contributed by atoms with E-state index in [0.29, 0.717) is 24.8 Å². The molecule has 2 fully saturated rings. The Morgan fingerprint density at radius 2 is 2.00 bits per heavy atom. The van der Waals surface area contributed by atoms with Crippen LogP contribution in [0.2, 0.25) is 0 Å². The fraction of sp³-hybridized carbons (Fsp3) is 0.857. The quantitative estimate of drug-likeness (QED) is 0.833. The van der Waals surface area contributed by atoms with E-state index >= 15 is 0 Å². The number of hydrogen-bond acceptors (Lipinski definition) is 2. The third-order valence-corrected chi connectivity index (χ3v) is 4.77. The molecule has 0 aromatic heterocycles. The highest BCUT2D eigenvalue weighted by molar-refractivity contribution is 5.86. The summed E-state index contributed by atoms with van der Waals surface area (Å²) in [6.45, 7) is 8.10. The van der Waals surface area contributed by atoms with Gasteiger partial charge in [0, 0.05) is 19.6 Å². The van der Waals surface area contributed by atoms with Crippen molar-refractivity contribution in [2.45, 2.75) is 45.6 Å². The molecule has 2 aliphatic heterocycles. The normalized spacial score (nSPS) is 31.3. The van der Waals surface area contributed by atoms with Crippen LogP contribution in [0.15, 0.2) is 0 Å². The van der Waals surface area contributed by atoms with Crippen molar-refractivity contribution >= 4 is 12.0 Å². The first kappa shape index (κ1) is 14.2. The van der Waals surface area contributed by atoms with Crippen molar-refractivity contribution in [2.75, 3.05) is 19.6 Å². The Hall–Kier alpha value is -1.26. The predicted octanol–water partition coefficient (Wildman–Crippen LogP) is 2.02. The van der Waals surface area contributed by atoms with Crippen LogP contribution in [0.1, 0.15) is 40.0 Å². The molecule has 19 heavy (non-hydrogen) atoms. The molecule has 1 N–H and O–H groups in total. The Balaban J connectivity index is 2.06. The van der Waals surface area contributed by atoms with Gasteiger partial charge in [-0.2, -0.15) is 0 Å². The minimum absolute atomic E-state index is 0.0921. The van der Waals surface area contributed by atoms with Crippen LogP contribution < -0.4 is 0 Å². The topological polar surface area (TPSA) is 60.9 Å². The van der Waals surface area contributed by atoms with E-state index in [2.05, 4.69) is 13.8 Å². The predicted molar refractivity (Wildman–Crippen MR) is 71.9 cm³/mol. The number of likely N-dealkylation sites (tertiary alicyclic amines) is 2. The minimum atomic E-state index is -1.02. The lowest BCUT2D eigenvalue weighted by atomic mass is 9.95. The van der Waals surface area contributed by atoms with Gasteiger partial charge >= 0.3 is 12.0 Å². The highest BCUT2D eigenvalue weighted by Gasteiger charge is 2.47. The molecule has 0 aliphatic carbocycles. The smallest absolute Gasteiger partial charge is 0.329 e. The van der Waals surface area contributed by atoms with Gasteiger partial charge in [-0.3, -0.25) is 0 Å². The maximum Gasteiger partial charge on any atom is 0.329 e. The summed E-state index contributed by atoms with van der Waals surface area (Å²) in [5, 5.41) is 9.36. The number of rotatable bonds is 2. The Labute approximate surface area is 114 Å². The van der Waals surface area contributed by atoms with Gasteiger partial charge < -0.3 is 14.9 Å². The summed E-state index contributed by atoms with van der Waals surface area (Å²) in [4.78, 5) is 27.3. The highest BCUT2D eigenvalue weighted by Crippen LogP contribution is 2.32. The Kier molecular flexibility index (Phi) is 3.74. The van der Waals surface area contributed by atoms with Gasteiger partial charge in [-0.25, -0.2) is 9.59 Å². The number of aliphatic carboxylic acids is 1. The molecular formula is C14H24N2O3. The molecule has 2 aliphatic rings. The molecule has 5 heteroatoms. The van der Waals surface area contributed by atoms with Gasteiger partial charge in [0.2, 0.25) is 0 Å². The SMILES string of the molecule is CC(C)C1CCN(C(=O)N2CCCC2(C)C(=O)O)C1. The van der Waals surface area contributed by atoms with Crippen molar-refractivity contribution < 1.29 is 14.7 Å². The van der Waals surface area contributed by atoms with E-state index < -0.39 is 11.5 Å². The van der Waals surface area contributed by atoms with Crippen LogP contribution in [0.25, 0.3) is 0 Å². The molecule has 2 saturated heterocycles. The van der Waals surface area contributed by atoms with Gasteiger partial charge in [0.15, 0.2) is 0 Å². The minimum Gasteiger partial charge on any atom is -0.480 e. The third kappa shape index (κ3) is 2.42. The number of nitrogens with zero attached hydrogens (tertiary/aromatic N) is 2. The first-order chi connectivity index (χ1) is 8.86. The Morgan fingerprint density at radius 3 is 2.53 bits per heavy atom. The molecule has 0 saturated carbocycles. The number of carboxylic acids is 1. The van der Waals surface area contributed by atoms with Gasteiger partial charge in [0.25, 0.3) is 0 Å². The van der Waals surface area contributed by atoms with Gasteiger partial charge in [0.1, 0.15) is 5.54 Å². The summed E-state index contributed by atoms with van der Waals surface area (Å²) in [7, 11) is 0. The van der Waals surface area contributed by atoms with E-state index in [1.807, 2.05) is 4.90 Å². The van der Waals surface area contributed by atoms with Crippen LogP contribution in [0.4, 0.5) is 4.79 Å². The molecule has 108 valence electrons. The third-order valence-electron chi connectivity index (χ3n) is 4.77. The fourth-order valence-electron chi connectivity index (χ4n) is 3.17. The van der Waals surface area contributed by atoms with Crippen LogP contribution in [0.5, 0.6) is 0 Å². The fourth-order valence-corrected chi connectivity index (χ4v) is 3.17. The summed E-state index contributed by atoms with van der Waals surface area (Å²) in [5.41, 5.74) is -1.02. The molecule has 0 bridgehead atoms. The number of urea groups is 1. The van der Waals surface area contributed by atoms with Crippen molar-refractivity contribution in [1.82, 2.24) is 9.80 Å². The summed E-state index contributed by atoms with van der Waals surface area (Å²) in [5.74, 6) is 0.225. The molecule has 0 aromatic carbocycles. The second kappa shape index (κ2) is 5.02. The maximum absolute atomic E-state index is 12.5. The zero-order chi connectivity index (χ0) is 14.2.